The third kappa shape index (κ3) is 3.21. The van der Waals surface area contributed by atoms with Crippen LogP contribution in [0.1, 0.15) is 16.1 Å². The smallest absolute Gasteiger partial charge is 0.288 e. The Labute approximate surface area is 118 Å². The minimum absolute atomic E-state index is 0.0364. The molecule has 0 saturated heterocycles. The fourth-order valence-electron chi connectivity index (χ4n) is 1.38. The minimum atomic E-state index is -0.661. The van der Waals surface area contributed by atoms with Crippen molar-refractivity contribution in [3.63, 3.8) is 0 Å². The van der Waals surface area contributed by atoms with Gasteiger partial charge in [-0.15, -0.1) is 0 Å². The Kier molecular flexibility index (Phi) is 4.11. The number of nitro groups is 1. The molecule has 20 heavy (non-hydrogen) atoms. The quantitative estimate of drug-likeness (QED) is 0.532. The van der Waals surface area contributed by atoms with Gasteiger partial charge in [0.05, 0.1) is 17.4 Å². The first-order chi connectivity index (χ1) is 9.58. The first-order valence-electron chi connectivity index (χ1n) is 5.39. The summed E-state index contributed by atoms with van der Waals surface area (Å²) in [4.78, 5) is 21.8. The Balaban J connectivity index is 2.09. The lowest BCUT2D eigenvalue weighted by Gasteiger charge is -2.00. The van der Waals surface area contributed by atoms with Crippen molar-refractivity contribution in [3.05, 3.63) is 63.1 Å². The maximum absolute atomic E-state index is 11.7. The lowest BCUT2D eigenvalue weighted by Crippen LogP contribution is -2.17. The summed E-state index contributed by atoms with van der Waals surface area (Å²) < 4.78 is 4.98. The highest BCUT2D eigenvalue weighted by atomic mass is 35.5. The zero-order valence-corrected chi connectivity index (χ0v) is 10.7. The summed E-state index contributed by atoms with van der Waals surface area (Å²) in [5.41, 5.74) is 1.97. The van der Waals surface area contributed by atoms with Crippen molar-refractivity contribution in [1.82, 2.24) is 5.43 Å². The van der Waals surface area contributed by atoms with Gasteiger partial charge >= 0.3 is 0 Å². The molecule has 0 aliphatic rings. The molecule has 0 aliphatic carbocycles. The number of amides is 1. The molecule has 2 rings (SSSR count). The van der Waals surface area contributed by atoms with E-state index in [1.807, 2.05) is 0 Å². The van der Waals surface area contributed by atoms with Crippen LogP contribution in [-0.4, -0.2) is 17.0 Å². The monoisotopic (exact) mass is 293 g/mol. The van der Waals surface area contributed by atoms with Crippen LogP contribution in [0.2, 0.25) is 5.02 Å². The van der Waals surface area contributed by atoms with E-state index in [1.165, 1.54) is 24.6 Å². The fourth-order valence-corrected chi connectivity index (χ4v) is 1.56. The van der Waals surface area contributed by atoms with Crippen molar-refractivity contribution in [2.24, 2.45) is 5.10 Å². The first kappa shape index (κ1) is 13.8. The van der Waals surface area contributed by atoms with Crippen LogP contribution in [0.5, 0.6) is 0 Å². The lowest BCUT2D eigenvalue weighted by atomic mass is 10.2. The van der Waals surface area contributed by atoms with Gasteiger partial charge in [0.15, 0.2) is 0 Å². The van der Waals surface area contributed by atoms with Crippen LogP contribution in [0.25, 0.3) is 0 Å². The SMILES string of the molecule is O=C(N/N=C\c1ccco1)c1ccc(Cl)c([N+](=O)[O-])c1. The van der Waals surface area contributed by atoms with E-state index in [0.29, 0.717) is 5.76 Å². The third-order valence-corrected chi connectivity index (χ3v) is 2.63. The van der Waals surface area contributed by atoms with Gasteiger partial charge in [0.2, 0.25) is 0 Å². The lowest BCUT2D eigenvalue weighted by molar-refractivity contribution is -0.384. The highest BCUT2D eigenvalue weighted by Crippen LogP contribution is 2.24. The summed E-state index contributed by atoms with van der Waals surface area (Å²) in [6.07, 6.45) is 2.77. The molecule has 1 N–H and O–H groups in total. The predicted molar refractivity (Wildman–Crippen MR) is 71.9 cm³/mol. The number of furan rings is 1. The van der Waals surface area contributed by atoms with Crippen LogP contribution in [0, 0.1) is 10.1 Å². The third-order valence-electron chi connectivity index (χ3n) is 2.31. The van der Waals surface area contributed by atoms with Crippen LogP contribution < -0.4 is 5.43 Å². The predicted octanol–water partition coefficient (Wildman–Crippen LogP) is 2.61. The van der Waals surface area contributed by atoms with Crippen LogP contribution in [0.3, 0.4) is 0 Å². The Bertz CT molecular complexity index is 667. The van der Waals surface area contributed by atoms with Crippen molar-refractivity contribution in [2.45, 2.75) is 0 Å². The van der Waals surface area contributed by atoms with E-state index in [-0.39, 0.29) is 16.3 Å². The summed E-state index contributed by atoms with van der Waals surface area (Å²) in [6.45, 7) is 0. The molecular weight excluding hydrogens is 286 g/mol. The van der Waals surface area contributed by atoms with Crippen molar-refractivity contribution in [3.8, 4) is 0 Å². The van der Waals surface area contributed by atoms with Gasteiger partial charge in [-0.25, -0.2) is 5.43 Å². The van der Waals surface area contributed by atoms with E-state index < -0.39 is 10.8 Å². The number of halogens is 1. The van der Waals surface area contributed by atoms with Gasteiger partial charge in [-0.2, -0.15) is 5.10 Å². The minimum Gasteiger partial charge on any atom is -0.463 e. The average molecular weight is 294 g/mol. The summed E-state index contributed by atoms with van der Waals surface area (Å²) in [5, 5.41) is 14.3. The molecule has 0 spiro atoms. The summed E-state index contributed by atoms with van der Waals surface area (Å²) in [7, 11) is 0. The molecular formula is C12H8ClN3O4. The number of hydrogen-bond donors (Lipinski definition) is 1. The molecule has 1 heterocycles. The molecule has 102 valence electrons. The number of nitro benzene ring substituents is 1. The van der Waals surface area contributed by atoms with Gasteiger partial charge in [0.25, 0.3) is 11.6 Å². The second kappa shape index (κ2) is 5.98. The van der Waals surface area contributed by atoms with E-state index in [9.17, 15) is 14.9 Å². The van der Waals surface area contributed by atoms with E-state index in [0.717, 1.165) is 6.07 Å². The van der Waals surface area contributed by atoms with E-state index in [2.05, 4.69) is 10.5 Å². The molecule has 0 atom stereocenters. The molecule has 0 saturated carbocycles. The molecule has 8 heteroatoms. The summed E-state index contributed by atoms with van der Waals surface area (Å²) in [6, 6.07) is 7.06. The molecule has 1 aromatic carbocycles. The molecule has 0 aliphatic heterocycles. The average Bonchev–Trinajstić information content (AvgIpc) is 2.92. The molecule has 7 nitrogen and oxygen atoms in total. The highest BCUT2D eigenvalue weighted by molar-refractivity contribution is 6.32. The number of carbonyl (C=O) groups is 1. The second-order valence-corrected chi connectivity index (χ2v) is 4.05. The number of benzene rings is 1. The van der Waals surface area contributed by atoms with E-state index >= 15 is 0 Å². The Hall–Kier alpha value is -2.67. The molecule has 2 aromatic rings. The van der Waals surface area contributed by atoms with Gasteiger partial charge in [-0.05, 0) is 24.3 Å². The van der Waals surface area contributed by atoms with Gasteiger partial charge in [0.1, 0.15) is 10.8 Å². The largest absolute Gasteiger partial charge is 0.463 e. The van der Waals surface area contributed by atoms with Crippen molar-refractivity contribution < 1.29 is 14.1 Å². The maximum atomic E-state index is 11.7. The van der Waals surface area contributed by atoms with E-state index in [4.69, 9.17) is 16.0 Å². The van der Waals surface area contributed by atoms with E-state index in [1.54, 1.807) is 12.1 Å². The van der Waals surface area contributed by atoms with Crippen LogP contribution in [0.4, 0.5) is 5.69 Å². The molecule has 1 amide bonds. The fraction of sp³-hybridized carbons (Fsp3) is 0. The van der Waals surface area contributed by atoms with Crippen LogP contribution >= 0.6 is 11.6 Å². The number of nitrogens with one attached hydrogen (secondary N) is 1. The number of hydrazone groups is 1. The second-order valence-electron chi connectivity index (χ2n) is 3.64. The Morgan fingerprint density at radius 2 is 2.25 bits per heavy atom. The Morgan fingerprint density at radius 1 is 1.45 bits per heavy atom. The number of carbonyl (C=O) groups excluding carboxylic acids is 1. The molecule has 0 radical (unpaired) electrons. The zero-order valence-electron chi connectivity index (χ0n) is 9.95. The van der Waals surface area contributed by atoms with Crippen LogP contribution in [0.15, 0.2) is 46.1 Å². The first-order valence-corrected chi connectivity index (χ1v) is 5.76. The Morgan fingerprint density at radius 3 is 2.90 bits per heavy atom. The van der Waals surface area contributed by atoms with Crippen molar-refractivity contribution in [1.29, 1.82) is 0 Å². The highest BCUT2D eigenvalue weighted by Gasteiger charge is 2.15. The normalized spacial score (nSPS) is 10.7. The number of nitrogens with zero attached hydrogens (tertiary/aromatic N) is 2. The zero-order chi connectivity index (χ0) is 14.5. The number of hydrogen-bond acceptors (Lipinski definition) is 5. The standard InChI is InChI=1S/C12H8ClN3O4/c13-10-4-3-8(6-11(10)16(18)19)12(17)15-14-7-9-2-1-5-20-9/h1-7H,(H,15,17)/b14-7-. The molecule has 0 unspecified atom stereocenters. The number of rotatable bonds is 4. The summed E-state index contributed by atoms with van der Waals surface area (Å²) >= 11 is 5.65. The molecule has 1 aromatic heterocycles. The van der Waals surface area contributed by atoms with Crippen LogP contribution in [-0.2, 0) is 0 Å². The molecule has 0 bridgehead atoms. The molecule has 0 fully saturated rings. The summed E-state index contributed by atoms with van der Waals surface area (Å²) in [5.74, 6) is -0.125. The van der Waals surface area contributed by atoms with Crippen molar-refractivity contribution in [2.75, 3.05) is 0 Å². The van der Waals surface area contributed by atoms with Gasteiger partial charge < -0.3 is 4.42 Å². The maximum Gasteiger partial charge on any atom is 0.288 e. The van der Waals surface area contributed by atoms with Gasteiger partial charge in [-0.1, -0.05) is 11.6 Å². The topological polar surface area (TPSA) is 97.7 Å². The van der Waals surface area contributed by atoms with Crippen molar-refractivity contribution >= 4 is 29.4 Å². The van der Waals surface area contributed by atoms with Gasteiger partial charge in [0, 0.05) is 11.6 Å². The van der Waals surface area contributed by atoms with Gasteiger partial charge in [-0.3, -0.25) is 14.9 Å².